The van der Waals surface area contributed by atoms with E-state index in [1.54, 1.807) is 25.3 Å². The Balaban J connectivity index is 2.33. The number of methoxy groups -OCH3 is 1. The fourth-order valence-electron chi connectivity index (χ4n) is 2.15. The third-order valence-electron chi connectivity index (χ3n) is 3.41. The molecule has 2 aromatic rings. The van der Waals surface area contributed by atoms with Crippen LogP contribution in [-0.2, 0) is 0 Å². The molecule has 0 aromatic heterocycles. The summed E-state index contributed by atoms with van der Waals surface area (Å²) in [5.74, 6) is 1.07. The summed E-state index contributed by atoms with van der Waals surface area (Å²) < 4.78 is 5.29. The summed E-state index contributed by atoms with van der Waals surface area (Å²) in [5.41, 5.74) is 2.81. The molecule has 0 saturated heterocycles. The number of ether oxygens (including phenoxy) is 1. The van der Waals surface area contributed by atoms with Crippen molar-refractivity contribution in [1.82, 2.24) is 0 Å². The van der Waals surface area contributed by atoms with Gasteiger partial charge in [0.1, 0.15) is 11.9 Å². The second-order valence-corrected chi connectivity index (χ2v) is 5.55. The van der Waals surface area contributed by atoms with Crippen LogP contribution < -0.4 is 4.74 Å². The summed E-state index contributed by atoms with van der Waals surface area (Å²) >= 11 is 5.94. The van der Waals surface area contributed by atoms with Gasteiger partial charge in [0.15, 0.2) is 0 Å². The van der Waals surface area contributed by atoms with E-state index in [0.29, 0.717) is 22.3 Å². The van der Waals surface area contributed by atoms with Crippen molar-refractivity contribution in [3.63, 3.8) is 0 Å². The molecule has 106 valence electrons. The Labute approximate surface area is 125 Å². The third-order valence-corrected chi connectivity index (χ3v) is 3.64. The van der Waals surface area contributed by atoms with Crippen molar-refractivity contribution in [2.45, 2.75) is 25.9 Å². The Kier molecular flexibility index (Phi) is 4.69. The molecular weight excluding hydrogens is 272 g/mol. The molecule has 0 radical (unpaired) electrons. The van der Waals surface area contributed by atoms with Crippen molar-refractivity contribution < 1.29 is 9.84 Å². The van der Waals surface area contributed by atoms with Gasteiger partial charge in [-0.3, -0.25) is 0 Å². The Morgan fingerprint density at radius 2 is 1.60 bits per heavy atom. The first kappa shape index (κ1) is 14.9. The lowest BCUT2D eigenvalue weighted by atomic mass is 9.96. The summed E-state index contributed by atoms with van der Waals surface area (Å²) in [5, 5.41) is 11.1. The van der Waals surface area contributed by atoms with E-state index in [9.17, 15) is 5.11 Å². The number of aliphatic hydroxyl groups is 1. The van der Waals surface area contributed by atoms with Gasteiger partial charge in [-0.25, -0.2) is 0 Å². The summed E-state index contributed by atoms with van der Waals surface area (Å²) in [7, 11) is 1.57. The number of hydrogen-bond donors (Lipinski definition) is 1. The van der Waals surface area contributed by atoms with E-state index in [-0.39, 0.29) is 0 Å². The van der Waals surface area contributed by atoms with Crippen molar-refractivity contribution in [3.8, 4) is 5.75 Å². The van der Waals surface area contributed by atoms with E-state index in [2.05, 4.69) is 13.8 Å². The minimum absolute atomic E-state index is 0.478. The molecule has 0 spiro atoms. The zero-order valence-electron chi connectivity index (χ0n) is 11.9. The van der Waals surface area contributed by atoms with Gasteiger partial charge in [0.05, 0.1) is 7.11 Å². The van der Waals surface area contributed by atoms with Gasteiger partial charge in [-0.1, -0.05) is 55.8 Å². The molecule has 1 N–H and O–H groups in total. The van der Waals surface area contributed by atoms with Gasteiger partial charge >= 0.3 is 0 Å². The topological polar surface area (TPSA) is 29.5 Å². The molecule has 3 heteroatoms. The predicted molar refractivity (Wildman–Crippen MR) is 82.6 cm³/mol. The Bertz CT molecular complexity index is 576. The van der Waals surface area contributed by atoms with Gasteiger partial charge in [-0.15, -0.1) is 0 Å². The first-order valence-electron chi connectivity index (χ1n) is 6.64. The minimum Gasteiger partial charge on any atom is -0.496 e. The molecular formula is C17H19ClO2. The lowest BCUT2D eigenvalue weighted by molar-refractivity contribution is 0.214. The Morgan fingerprint density at radius 1 is 1.00 bits per heavy atom. The number of rotatable bonds is 4. The average Bonchev–Trinajstić information content (AvgIpc) is 2.46. The Morgan fingerprint density at radius 3 is 2.15 bits per heavy atom. The second kappa shape index (κ2) is 6.29. The monoisotopic (exact) mass is 290 g/mol. The van der Waals surface area contributed by atoms with E-state index in [0.717, 1.165) is 5.56 Å². The van der Waals surface area contributed by atoms with E-state index in [1.165, 1.54) is 5.56 Å². The lowest BCUT2D eigenvalue weighted by Gasteiger charge is -2.16. The van der Waals surface area contributed by atoms with Gasteiger partial charge in [-0.05, 0) is 29.2 Å². The maximum Gasteiger partial charge on any atom is 0.126 e. The lowest BCUT2D eigenvalue weighted by Crippen LogP contribution is -2.02. The molecule has 2 nitrogen and oxygen atoms in total. The standard InChI is InChI=1S/C17H19ClO2/c1-11(2)12-4-6-13(7-5-12)17(19)15-9-8-14(18)10-16(15)20-3/h4-11,17,19H,1-3H3. The largest absolute Gasteiger partial charge is 0.496 e. The first-order chi connectivity index (χ1) is 9.52. The highest BCUT2D eigenvalue weighted by Crippen LogP contribution is 2.32. The van der Waals surface area contributed by atoms with Crippen molar-refractivity contribution in [1.29, 1.82) is 0 Å². The number of aliphatic hydroxyl groups excluding tert-OH is 1. The van der Waals surface area contributed by atoms with Crippen LogP contribution in [0.15, 0.2) is 42.5 Å². The fraction of sp³-hybridized carbons (Fsp3) is 0.294. The van der Waals surface area contributed by atoms with Gasteiger partial charge in [-0.2, -0.15) is 0 Å². The van der Waals surface area contributed by atoms with Crippen LogP contribution in [0.4, 0.5) is 0 Å². The molecule has 0 amide bonds. The summed E-state index contributed by atoms with van der Waals surface area (Å²) in [6, 6.07) is 13.3. The molecule has 2 rings (SSSR count). The Hall–Kier alpha value is -1.51. The molecule has 1 unspecified atom stereocenters. The SMILES string of the molecule is COc1cc(Cl)ccc1C(O)c1ccc(C(C)C)cc1. The highest BCUT2D eigenvalue weighted by molar-refractivity contribution is 6.30. The van der Waals surface area contributed by atoms with Crippen LogP contribution in [0.3, 0.4) is 0 Å². The highest BCUT2D eigenvalue weighted by Gasteiger charge is 2.16. The van der Waals surface area contributed by atoms with Crippen LogP contribution in [-0.4, -0.2) is 12.2 Å². The average molecular weight is 291 g/mol. The first-order valence-corrected chi connectivity index (χ1v) is 7.02. The minimum atomic E-state index is -0.719. The maximum absolute atomic E-state index is 10.5. The van der Waals surface area contributed by atoms with Crippen LogP contribution in [0, 0.1) is 0 Å². The molecule has 0 aliphatic carbocycles. The van der Waals surface area contributed by atoms with Crippen LogP contribution in [0.5, 0.6) is 5.75 Å². The van der Waals surface area contributed by atoms with E-state index < -0.39 is 6.10 Å². The normalized spacial score (nSPS) is 12.5. The molecule has 0 bridgehead atoms. The molecule has 2 aromatic carbocycles. The van der Waals surface area contributed by atoms with Gasteiger partial charge in [0.2, 0.25) is 0 Å². The van der Waals surface area contributed by atoms with Crippen LogP contribution >= 0.6 is 11.6 Å². The number of benzene rings is 2. The number of hydrogen-bond acceptors (Lipinski definition) is 2. The molecule has 1 atom stereocenters. The van der Waals surface area contributed by atoms with Gasteiger partial charge in [0.25, 0.3) is 0 Å². The molecule has 0 aliphatic heterocycles. The molecule has 0 aliphatic rings. The van der Waals surface area contributed by atoms with Crippen LogP contribution in [0.2, 0.25) is 5.02 Å². The maximum atomic E-state index is 10.5. The molecule has 0 heterocycles. The fourth-order valence-corrected chi connectivity index (χ4v) is 2.32. The zero-order chi connectivity index (χ0) is 14.7. The second-order valence-electron chi connectivity index (χ2n) is 5.11. The van der Waals surface area contributed by atoms with Crippen LogP contribution in [0.25, 0.3) is 0 Å². The van der Waals surface area contributed by atoms with Crippen molar-refractivity contribution in [2.75, 3.05) is 7.11 Å². The highest BCUT2D eigenvalue weighted by atomic mass is 35.5. The molecule has 0 saturated carbocycles. The molecule has 20 heavy (non-hydrogen) atoms. The van der Waals surface area contributed by atoms with Crippen molar-refractivity contribution >= 4 is 11.6 Å². The smallest absolute Gasteiger partial charge is 0.126 e. The van der Waals surface area contributed by atoms with E-state index >= 15 is 0 Å². The van der Waals surface area contributed by atoms with Gasteiger partial charge in [0, 0.05) is 10.6 Å². The summed E-state index contributed by atoms with van der Waals surface area (Å²) in [4.78, 5) is 0. The molecule has 0 fully saturated rings. The van der Waals surface area contributed by atoms with E-state index in [1.807, 2.05) is 24.3 Å². The predicted octanol–water partition coefficient (Wildman–Crippen LogP) is 4.55. The van der Waals surface area contributed by atoms with Crippen molar-refractivity contribution in [2.24, 2.45) is 0 Å². The van der Waals surface area contributed by atoms with E-state index in [4.69, 9.17) is 16.3 Å². The zero-order valence-corrected chi connectivity index (χ0v) is 12.7. The van der Waals surface area contributed by atoms with Crippen LogP contribution in [0.1, 0.15) is 42.6 Å². The van der Waals surface area contributed by atoms with Gasteiger partial charge < -0.3 is 9.84 Å². The van der Waals surface area contributed by atoms with Crippen molar-refractivity contribution in [3.05, 3.63) is 64.2 Å². The quantitative estimate of drug-likeness (QED) is 0.895. The summed E-state index contributed by atoms with van der Waals surface area (Å²) in [6.45, 7) is 4.29. The third kappa shape index (κ3) is 3.14. The number of halogens is 1. The summed E-state index contributed by atoms with van der Waals surface area (Å²) in [6.07, 6.45) is -0.719.